The molecular formula is C17H26O3. The van der Waals surface area contributed by atoms with Crippen LogP contribution in [0, 0.1) is 11.3 Å². The summed E-state index contributed by atoms with van der Waals surface area (Å²) in [5, 5.41) is 10.6. The van der Waals surface area contributed by atoms with E-state index in [0.717, 1.165) is 29.9 Å². The van der Waals surface area contributed by atoms with E-state index in [9.17, 15) is 5.11 Å². The molecule has 0 saturated heterocycles. The number of methoxy groups -OCH3 is 2. The van der Waals surface area contributed by atoms with Gasteiger partial charge in [-0.25, -0.2) is 0 Å². The summed E-state index contributed by atoms with van der Waals surface area (Å²) in [5.41, 5.74) is 1.31. The van der Waals surface area contributed by atoms with Crippen molar-refractivity contribution in [3.8, 4) is 11.5 Å². The molecule has 1 unspecified atom stereocenters. The van der Waals surface area contributed by atoms with Crippen LogP contribution in [-0.4, -0.2) is 19.3 Å². The van der Waals surface area contributed by atoms with Gasteiger partial charge in [0.15, 0.2) is 0 Å². The fourth-order valence-corrected chi connectivity index (χ4v) is 3.01. The van der Waals surface area contributed by atoms with Crippen LogP contribution in [0.15, 0.2) is 18.2 Å². The lowest BCUT2D eigenvalue weighted by atomic mass is 9.71. The predicted octanol–water partition coefficient (Wildman–Crippen LogP) is 3.95. The molecule has 2 rings (SSSR count). The highest BCUT2D eigenvalue weighted by molar-refractivity contribution is 5.39. The minimum absolute atomic E-state index is 0.333. The number of aliphatic hydroxyl groups excluding tert-OH is 1. The van der Waals surface area contributed by atoms with Crippen molar-refractivity contribution in [1.82, 2.24) is 0 Å². The molecule has 0 heterocycles. The number of aliphatic hydroxyl groups is 1. The molecule has 1 N–H and O–H groups in total. The first-order valence-corrected chi connectivity index (χ1v) is 7.36. The van der Waals surface area contributed by atoms with Gasteiger partial charge >= 0.3 is 0 Å². The van der Waals surface area contributed by atoms with Gasteiger partial charge in [0.05, 0.1) is 20.3 Å². The molecule has 0 amide bonds. The third-order valence-corrected chi connectivity index (χ3v) is 4.55. The van der Waals surface area contributed by atoms with Gasteiger partial charge in [-0.05, 0) is 54.7 Å². The molecule has 0 aromatic heterocycles. The fraction of sp³-hybridized carbons (Fsp3) is 0.647. The average Bonchev–Trinajstić information content (AvgIpc) is 2.46. The lowest BCUT2D eigenvalue weighted by Crippen LogP contribution is -2.25. The Kier molecular flexibility index (Phi) is 4.59. The molecule has 3 heteroatoms. The maximum atomic E-state index is 10.6. The normalized spacial score (nSPS) is 20.4. The van der Waals surface area contributed by atoms with Gasteiger partial charge in [-0.1, -0.05) is 13.8 Å². The van der Waals surface area contributed by atoms with E-state index in [0.29, 0.717) is 11.3 Å². The second-order valence-electron chi connectivity index (χ2n) is 6.59. The molecule has 1 aliphatic rings. The van der Waals surface area contributed by atoms with E-state index >= 15 is 0 Å². The number of rotatable bonds is 4. The Bertz CT molecular complexity index is 421. The summed E-state index contributed by atoms with van der Waals surface area (Å²) in [6.45, 7) is 4.62. The second-order valence-corrected chi connectivity index (χ2v) is 6.59. The molecule has 1 aromatic rings. The zero-order valence-electron chi connectivity index (χ0n) is 13.0. The zero-order valence-corrected chi connectivity index (χ0v) is 13.0. The summed E-state index contributed by atoms with van der Waals surface area (Å²) >= 11 is 0. The molecular weight excluding hydrogens is 252 g/mol. The number of hydrogen-bond donors (Lipinski definition) is 1. The zero-order chi connectivity index (χ0) is 14.8. The first kappa shape index (κ1) is 15.2. The Labute approximate surface area is 121 Å². The van der Waals surface area contributed by atoms with Crippen LogP contribution in [-0.2, 0) is 0 Å². The van der Waals surface area contributed by atoms with Crippen LogP contribution in [0.25, 0.3) is 0 Å². The Morgan fingerprint density at radius 1 is 1.05 bits per heavy atom. The van der Waals surface area contributed by atoms with Crippen LogP contribution in [0.4, 0.5) is 0 Å². The minimum atomic E-state index is -0.435. The molecule has 0 aliphatic heterocycles. The molecule has 0 spiro atoms. The largest absolute Gasteiger partial charge is 0.497 e. The van der Waals surface area contributed by atoms with E-state index in [2.05, 4.69) is 13.8 Å². The fourth-order valence-electron chi connectivity index (χ4n) is 3.01. The topological polar surface area (TPSA) is 38.7 Å². The van der Waals surface area contributed by atoms with Crippen LogP contribution < -0.4 is 9.47 Å². The predicted molar refractivity (Wildman–Crippen MR) is 80.2 cm³/mol. The van der Waals surface area contributed by atoms with Gasteiger partial charge in [-0.3, -0.25) is 0 Å². The van der Waals surface area contributed by atoms with Crippen molar-refractivity contribution in [3.63, 3.8) is 0 Å². The second kappa shape index (κ2) is 6.04. The molecule has 1 fully saturated rings. The van der Waals surface area contributed by atoms with Crippen LogP contribution >= 0.6 is 0 Å². The third kappa shape index (κ3) is 3.45. The van der Waals surface area contributed by atoms with Crippen molar-refractivity contribution >= 4 is 0 Å². The lowest BCUT2D eigenvalue weighted by molar-refractivity contribution is 0.0564. The highest BCUT2D eigenvalue weighted by atomic mass is 16.5. The van der Waals surface area contributed by atoms with Crippen molar-refractivity contribution < 1.29 is 14.6 Å². The molecule has 1 aliphatic carbocycles. The number of hydrogen-bond acceptors (Lipinski definition) is 3. The average molecular weight is 278 g/mol. The summed E-state index contributed by atoms with van der Waals surface area (Å²) in [6.07, 6.45) is 4.07. The smallest absolute Gasteiger partial charge is 0.122 e. The van der Waals surface area contributed by atoms with Gasteiger partial charge < -0.3 is 14.6 Å². The van der Waals surface area contributed by atoms with Crippen LogP contribution in [0.3, 0.4) is 0 Å². The van der Waals surface area contributed by atoms with Gasteiger partial charge in [-0.15, -0.1) is 0 Å². The summed E-state index contributed by atoms with van der Waals surface area (Å²) in [5.74, 6) is 1.80. The van der Waals surface area contributed by atoms with Gasteiger partial charge in [0.25, 0.3) is 0 Å². The molecule has 1 saturated carbocycles. The van der Waals surface area contributed by atoms with E-state index in [4.69, 9.17) is 9.47 Å². The van der Waals surface area contributed by atoms with Crippen molar-refractivity contribution in [2.75, 3.05) is 14.2 Å². The summed E-state index contributed by atoms with van der Waals surface area (Å²) in [4.78, 5) is 0. The summed E-state index contributed by atoms with van der Waals surface area (Å²) in [7, 11) is 3.27. The van der Waals surface area contributed by atoms with E-state index in [-0.39, 0.29) is 0 Å². The molecule has 112 valence electrons. The lowest BCUT2D eigenvalue weighted by Gasteiger charge is -2.36. The van der Waals surface area contributed by atoms with Gasteiger partial charge in [0, 0.05) is 6.07 Å². The molecule has 3 nitrogen and oxygen atoms in total. The Morgan fingerprint density at radius 2 is 1.55 bits per heavy atom. The van der Waals surface area contributed by atoms with E-state index < -0.39 is 6.10 Å². The van der Waals surface area contributed by atoms with Crippen LogP contribution in [0.1, 0.15) is 51.2 Å². The monoisotopic (exact) mass is 278 g/mol. The van der Waals surface area contributed by atoms with Gasteiger partial charge in [-0.2, -0.15) is 0 Å². The van der Waals surface area contributed by atoms with E-state index in [1.807, 2.05) is 18.2 Å². The minimum Gasteiger partial charge on any atom is -0.497 e. The summed E-state index contributed by atoms with van der Waals surface area (Å²) < 4.78 is 10.6. The molecule has 20 heavy (non-hydrogen) atoms. The molecule has 0 radical (unpaired) electrons. The quantitative estimate of drug-likeness (QED) is 0.906. The Morgan fingerprint density at radius 3 is 2.00 bits per heavy atom. The standard InChI is InChI=1S/C17H26O3/c1-17(2)7-5-12(6-8-17)16(18)13-9-14(19-3)11-15(10-13)20-4/h9-12,16,18H,5-8H2,1-4H3. The van der Waals surface area contributed by atoms with Crippen LogP contribution in [0.5, 0.6) is 11.5 Å². The maximum Gasteiger partial charge on any atom is 0.122 e. The molecule has 1 atom stereocenters. The highest BCUT2D eigenvalue weighted by Crippen LogP contribution is 2.43. The SMILES string of the molecule is COc1cc(OC)cc(C(O)C2CCC(C)(C)CC2)c1. The molecule has 1 aromatic carbocycles. The maximum absolute atomic E-state index is 10.6. The number of ether oxygens (including phenoxy) is 2. The van der Waals surface area contributed by atoms with Crippen molar-refractivity contribution in [2.45, 2.75) is 45.6 Å². The van der Waals surface area contributed by atoms with E-state index in [1.165, 1.54) is 12.8 Å². The number of benzene rings is 1. The first-order chi connectivity index (χ1) is 9.45. The van der Waals surface area contributed by atoms with Crippen molar-refractivity contribution in [2.24, 2.45) is 11.3 Å². The Balaban J connectivity index is 2.14. The highest BCUT2D eigenvalue weighted by Gasteiger charge is 2.31. The summed E-state index contributed by atoms with van der Waals surface area (Å²) in [6, 6.07) is 5.65. The van der Waals surface area contributed by atoms with Crippen LogP contribution in [0.2, 0.25) is 0 Å². The van der Waals surface area contributed by atoms with Gasteiger partial charge in [0.2, 0.25) is 0 Å². The Hall–Kier alpha value is -1.22. The first-order valence-electron chi connectivity index (χ1n) is 7.36. The third-order valence-electron chi connectivity index (χ3n) is 4.55. The van der Waals surface area contributed by atoms with Gasteiger partial charge in [0.1, 0.15) is 11.5 Å². The van der Waals surface area contributed by atoms with E-state index in [1.54, 1.807) is 14.2 Å². The van der Waals surface area contributed by atoms with Crippen molar-refractivity contribution in [1.29, 1.82) is 0 Å². The van der Waals surface area contributed by atoms with Crippen molar-refractivity contribution in [3.05, 3.63) is 23.8 Å². The molecule has 0 bridgehead atoms.